The van der Waals surface area contributed by atoms with Crippen LogP contribution in [0.4, 0.5) is 0 Å². The molecule has 11 heteroatoms. The minimum Gasteiger partial charge on any atom is -0.493 e. The van der Waals surface area contributed by atoms with Crippen molar-refractivity contribution < 1.29 is 28.8 Å². The second-order valence-electron chi connectivity index (χ2n) is 11.2. The fourth-order valence-corrected chi connectivity index (χ4v) is 5.96. The summed E-state index contributed by atoms with van der Waals surface area (Å²) in [6.07, 6.45) is -0.0543. The standard InChI is InChI=1S/C33H37Cl3N2O6/c1-20-29(18-38-13-12-25-14-27(41-2)28(42-3)15-26(25)17-38)43-31(44-30(20)23-8-6-22(19-39)7-9-23)24-10-4-21(5-11-24)16-37-32(40)33(34,35)36/h4-11,14-15,20,29-31,39H,12-13,16-19H2,1-3H3,(H,37,40)/t20-,29+,30+,31+/m0/s1. The Bertz CT molecular complexity index is 1430. The van der Waals surface area contributed by atoms with Crippen LogP contribution >= 0.6 is 34.8 Å². The molecule has 2 N–H and O–H groups in total. The quantitative estimate of drug-likeness (QED) is 0.270. The highest BCUT2D eigenvalue weighted by molar-refractivity contribution is 6.76. The summed E-state index contributed by atoms with van der Waals surface area (Å²) in [7, 11) is 3.31. The Balaban J connectivity index is 1.35. The fraction of sp³-hybridized carbons (Fsp3) is 0.424. The van der Waals surface area contributed by atoms with Crippen molar-refractivity contribution in [1.82, 2.24) is 10.2 Å². The third kappa shape index (κ3) is 7.62. The molecule has 1 amide bonds. The molecule has 2 heterocycles. The van der Waals surface area contributed by atoms with Gasteiger partial charge < -0.3 is 29.4 Å². The molecule has 4 atom stereocenters. The summed E-state index contributed by atoms with van der Waals surface area (Å²) in [5.41, 5.74) is 6.06. The predicted molar refractivity (Wildman–Crippen MR) is 170 cm³/mol. The minimum absolute atomic E-state index is 0.0166. The number of benzene rings is 3. The van der Waals surface area contributed by atoms with E-state index in [1.165, 1.54) is 11.1 Å². The maximum absolute atomic E-state index is 11.9. The van der Waals surface area contributed by atoms with Crippen LogP contribution in [0.3, 0.4) is 0 Å². The summed E-state index contributed by atoms with van der Waals surface area (Å²) < 4.78 is 22.3. The average molecular weight is 664 g/mol. The number of hydrogen-bond donors (Lipinski definition) is 2. The van der Waals surface area contributed by atoms with Gasteiger partial charge in [0.15, 0.2) is 17.8 Å². The number of fused-ring (bicyclic) bond motifs is 1. The first-order chi connectivity index (χ1) is 21.1. The van der Waals surface area contributed by atoms with Gasteiger partial charge in [-0.2, -0.15) is 0 Å². The number of nitrogens with zero attached hydrogens (tertiary/aromatic N) is 1. The first-order valence-corrected chi connectivity index (χ1v) is 15.6. The average Bonchev–Trinajstić information content (AvgIpc) is 3.03. The second-order valence-corrected chi connectivity index (χ2v) is 13.5. The predicted octanol–water partition coefficient (Wildman–Crippen LogP) is 6.03. The van der Waals surface area contributed by atoms with Gasteiger partial charge in [-0.1, -0.05) is 90.3 Å². The fourth-order valence-electron chi connectivity index (χ4n) is 5.76. The molecule has 0 unspecified atom stereocenters. The van der Waals surface area contributed by atoms with Crippen molar-refractivity contribution >= 4 is 40.7 Å². The molecule has 0 bridgehead atoms. The number of aliphatic hydroxyl groups excluding tert-OH is 1. The molecule has 236 valence electrons. The van der Waals surface area contributed by atoms with Crippen molar-refractivity contribution in [2.75, 3.05) is 27.3 Å². The van der Waals surface area contributed by atoms with Crippen molar-refractivity contribution in [1.29, 1.82) is 0 Å². The van der Waals surface area contributed by atoms with E-state index in [-0.39, 0.29) is 31.3 Å². The molecule has 0 aliphatic carbocycles. The first-order valence-electron chi connectivity index (χ1n) is 14.5. The Hall–Kier alpha value is -2.56. The van der Waals surface area contributed by atoms with Gasteiger partial charge in [0.25, 0.3) is 9.70 Å². The van der Waals surface area contributed by atoms with E-state index in [9.17, 15) is 9.90 Å². The minimum atomic E-state index is -2.02. The van der Waals surface area contributed by atoms with Gasteiger partial charge in [-0.05, 0) is 46.4 Å². The number of amides is 1. The number of rotatable bonds is 9. The monoisotopic (exact) mass is 662 g/mol. The van der Waals surface area contributed by atoms with Crippen molar-refractivity contribution in [2.24, 2.45) is 5.92 Å². The van der Waals surface area contributed by atoms with Crippen LogP contribution in [0.25, 0.3) is 0 Å². The van der Waals surface area contributed by atoms with Gasteiger partial charge in [-0.3, -0.25) is 9.69 Å². The van der Waals surface area contributed by atoms with Crippen LogP contribution in [0, 0.1) is 5.92 Å². The molecular weight excluding hydrogens is 627 g/mol. The van der Waals surface area contributed by atoms with Crippen molar-refractivity contribution in [3.8, 4) is 11.5 Å². The lowest BCUT2D eigenvalue weighted by Gasteiger charge is -2.43. The molecule has 5 rings (SSSR count). The number of hydrogen-bond acceptors (Lipinski definition) is 7. The molecule has 8 nitrogen and oxygen atoms in total. The highest BCUT2D eigenvalue weighted by Crippen LogP contribution is 2.42. The van der Waals surface area contributed by atoms with Crippen molar-refractivity contribution in [3.63, 3.8) is 0 Å². The molecule has 3 aromatic carbocycles. The summed E-state index contributed by atoms with van der Waals surface area (Å²) in [4.78, 5) is 14.4. The molecule has 0 radical (unpaired) electrons. The molecule has 0 spiro atoms. The lowest BCUT2D eigenvalue weighted by molar-refractivity contribution is -0.276. The van der Waals surface area contributed by atoms with Crippen LogP contribution in [0.5, 0.6) is 11.5 Å². The first kappa shape index (κ1) is 32.8. The Morgan fingerprint density at radius 2 is 1.57 bits per heavy atom. The van der Waals surface area contributed by atoms with Gasteiger partial charge in [0.1, 0.15) is 0 Å². The maximum Gasteiger partial charge on any atom is 0.272 e. The van der Waals surface area contributed by atoms with Gasteiger partial charge >= 0.3 is 0 Å². The number of halogens is 3. The maximum atomic E-state index is 11.9. The Kier molecular flexibility index (Phi) is 10.6. The molecule has 2 aliphatic heterocycles. The largest absolute Gasteiger partial charge is 0.493 e. The molecule has 1 fully saturated rings. The van der Waals surface area contributed by atoms with Gasteiger partial charge in [-0.15, -0.1) is 0 Å². The molecule has 0 aromatic heterocycles. The number of ether oxygens (including phenoxy) is 4. The zero-order valence-electron chi connectivity index (χ0n) is 24.9. The third-order valence-corrected chi connectivity index (χ3v) is 8.84. The number of carbonyl (C=O) groups excluding carboxylic acids is 1. The van der Waals surface area contributed by atoms with E-state index >= 15 is 0 Å². The van der Waals surface area contributed by atoms with Gasteiger partial charge in [-0.25, -0.2) is 0 Å². The number of methoxy groups -OCH3 is 2. The number of nitrogens with one attached hydrogen (secondary N) is 1. The van der Waals surface area contributed by atoms with E-state index in [1.807, 2.05) is 48.5 Å². The van der Waals surface area contributed by atoms with Crippen molar-refractivity contribution in [3.05, 3.63) is 94.0 Å². The van der Waals surface area contributed by atoms with E-state index in [1.54, 1.807) is 14.2 Å². The van der Waals surface area contributed by atoms with Crippen LogP contribution in [0.1, 0.15) is 52.7 Å². The van der Waals surface area contributed by atoms with Gasteiger partial charge in [0, 0.05) is 37.7 Å². The zero-order valence-corrected chi connectivity index (χ0v) is 27.2. The third-order valence-electron chi connectivity index (χ3n) is 8.32. The van der Waals surface area contributed by atoms with Gasteiger partial charge in [0.05, 0.1) is 33.0 Å². The number of aliphatic hydroxyl groups is 1. The van der Waals surface area contributed by atoms with E-state index in [4.69, 9.17) is 53.8 Å². The van der Waals surface area contributed by atoms with Crippen LogP contribution in [-0.4, -0.2) is 53.1 Å². The van der Waals surface area contributed by atoms with E-state index < -0.39 is 16.0 Å². The molecule has 2 aliphatic rings. The van der Waals surface area contributed by atoms with E-state index in [0.29, 0.717) is 0 Å². The summed E-state index contributed by atoms with van der Waals surface area (Å²) in [5.74, 6) is 0.841. The van der Waals surface area contributed by atoms with Crippen molar-refractivity contribution in [2.45, 2.75) is 55.3 Å². The normalized spacial score (nSPS) is 22.2. The second kappa shape index (κ2) is 14.3. The van der Waals surface area contributed by atoms with Crippen LogP contribution in [0.15, 0.2) is 60.7 Å². The number of carbonyl (C=O) groups is 1. The molecule has 0 saturated carbocycles. The van der Waals surface area contributed by atoms with Crippen LogP contribution < -0.4 is 14.8 Å². The molecule has 3 aromatic rings. The molecule has 44 heavy (non-hydrogen) atoms. The summed E-state index contributed by atoms with van der Waals surface area (Å²) in [6.45, 7) is 4.75. The zero-order chi connectivity index (χ0) is 31.4. The Labute approximate surface area is 273 Å². The lowest BCUT2D eigenvalue weighted by Crippen LogP contribution is -2.45. The van der Waals surface area contributed by atoms with E-state index in [2.05, 4.69) is 29.3 Å². The molecule has 1 saturated heterocycles. The van der Waals surface area contributed by atoms with Crippen LogP contribution in [0.2, 0.25) is 0 Å². The summed E-state index contributed by atoms with van der Waals surface area (Å²) in [6, 6.07) is 19.7. The highest BCUT2D eigenvalue weighted by atomic mass is 35.6. The smallest absolute Gasteiger partial charge is 0.272 e. The molecular formula is C33H37Cl3N2O6. The number of alkyl halides is 3. The summed E-state index contributed by atoms with van der Waals surface area (Å²) >= 11 is 17.0. The van der Waals surface area contributed by atoms with E-state index in [0.717, 1.165) is 59.8 Å². The van der Waals surface area contributed by atoms with Crippen LogP contribution in [-0.2, 0) is 40.4 Å². The van der Waals surface area contributed by atoms with Gasteiger partial charge in [0.2, 0.25) is 0 Å². The Morgan fingerprint density at radius 1 is 0.955 bits per heavy atom. The Morgan fingerprint density at radius 3 is 2.18 bits per heavy atom. The highest BCUT2D eigenvalue weighted by Gasteiger charge is 2.39. The lowest BCUT2D eigenvalue weighted by atomic mass is 9.89. The topological polar surface area (TPSA) is 89.5 Å². The SMILES string of the molecule is COc1cc2c(cc1OC)CN(C[C@H]1O[C@@H](c3ccc(CNC(=O)C(Cl)(Cl)Cl)cc3)O[C@@H](c3ccc(CO)cc3)[C@H]1C)CC2. The summed E-state index contributed by atoms with van der Waals surface area (Å²) in [5, 5.41) is 12.2.